The van der Waals surface area contributed by atoms with E-state index in [1.54, 1.807) is 13.3 Å². The number of benzene rings is 10. The number of methoxy groups -OCH3 is 1. The summed E-state index contributed by atoms with van der Waals surface area (Å²) < 4.78 is 31.2. The summed E-state index contributed by atoms with van der Waals surface area (Å²) in [7, 11) is 1.68. The number of carbonyl (C=O) groups excluding carboxylic acids is 5. The van der Waals surface area contributed by atoms with Crippen LogP contribution in [0.25, 0.3) is 10.8 Å². The number of aromatic nitrogens is 1. The van der Waals surface area contributed by atoms with Crippen molar-refractivity contribution in [1.82, 2.24) is 4.98 Å². The number of nitrogens with one attached hydrogen (secondary N) is 8. The van der Waals surface area contributed by atoms with Gasteiger partial charge in [-0.2, -0.15) is 0 Å². The fourth-order valence-corrected chi connectivity index (χ4v) is 19.6. The molecule has 0 atom stereocenters. The first kappa shape index (κ1) is 108. The average molecular weight is 1930 g/mol. The van der Waals surface area contributed by atoms with Crippen molar-refractivity contribution < 1.29 is 57.5 Å². The SMILES string of the molecule is CCOC(=O)c1ccc(CC2CCCCC2)c(NCc2ccc(CO)cc2)c1.CCOC(=O)c1ccc(CC2CCCCC2)c(NCc2cccc(OC)c2)c1.CCOC(=O)c1ccc(NC2CCC(C(C)(C)C)CC2)c(NCc2ccccc2)c1.CCOC(=O)c1ccc(NC2CCCCC2)c(NCc2ccc3ccccc3c2)c1.CCOC(=O)c1ccc(NC2CCCCC2)c(NCc2ccccn2)c1. The lowest BCUT2D eigenvalue weighted by molar-refractivity contribution is 0.0517. The molecule has 10 aromatic carbocycles. The fourth-order valence-electron chi connectivity index (χ4n) is 19.6. The number of carbonyl (C=O) groups is 5. The Bertz CT molecular complexity index is 5700. The van der Waals surface area contributed by atoms with Crippen LogP contribution in [0.2, 0.25) is 0 Å². The molecule has 0 aliphatic heterocycles. The van der Waals surface area contributed by atoms with Crippen molar-refractivity contribution in [3.05, 3.63) is 309 Å². The molecular formula is C121H155N9O12. The third kappa shape index (κ3) is 35.1. The van der Waals surface area contributed by atoms with Gasteiger partial charge in [0.15, 0.2) is 0 Å². The largest absolute Gasteiger partial charge is 0.497 e. The Balaban J connectivity index is 0.000000159. The molecule has 0 unspecified atom stereocenters. The number of anilines is 8. The van der Waals surface area contributed by atoms with E-state index in [2.05, 4.69) is 141 Å². The summed E-state index contributed by atoms with van der Waals surface area (Å²) in [5, 5.41) is 40.3. The van der Waals surface area contributed by atoms with Crippen LogP contribution < -0.4 is 47.3 Å². The molecule has 5 saturated carbocycles. The summed E-state index contributed by atoms with van der Waals surface area (Å²) in [4.78, 5) is 65.3. The first-order valence-electron chi connectivity index (χ1n) is 52.5. The fraction of sp³-hybridized carbons (Fsp3) is 0.438. The molecule has 0 amide bonds. The summed E-state index contributed by atoms with van der Waals surface area (Å²) in [6.07, 6.45) is 34.5. The van der Waals surface area contributed by atoms with Crippen LogP contribution >= 0.6 is 0 Å². The van der Waals surface area contributed by atoms with E-state index in [1.165, 1.54) is 187 Å². The second-order valence-electron chi connectivity index (χ2n) is 39.1. The van der Waals surface area contributed by atoms with Crippen LogP contribution in [-0.4, -0.2) is 98.2 Å². The molecule has 5 aliphatic rings. The van der Waals surface area contributed by atoms with Crippen molar-refractivity contribution in [2.24, 2.45) is 23.2 Å². The lowest BCUT2D eigenvalue weighted by Gasteiger charge is -2.37. The molecular weight excluding hydrogens is 1770 g/mol. The van der Waals surface area contributed by atoms with Crippen LogP contribution in [0.15, 0.2) is 237 Å². The number of fused-ring (bicyclic) bond motifs is 1. The standard InChI is InChI=1S/C26H30N2O2.C26H36N2O2.2C24H31NO3.C21H27N3O2/c1-2-30-26(29)22-14-15-24(28-23-10-4-3-5-11-23)25(17-22)27-18-19-12-13-20-8-6-7-9-21(20)16-19;1-5-30-25(29)20-11-16-23(24(17-20)27-18-19-9-7-6-8-10-19)28-22-14-12-21(13-15-22)26(2,3)4;1-3-28-24(26)21-13-12-20(14-18-8-5-4-6-9-18)23(16-21)25-17-19-10-7-11-22(15-19)27-2;1-2-28-24(27)22-13-12-21(14-18-6-4-3-5-7-18)23(15-22)25-16-19-8-10-20(17-26)11-9-19;1-2-26-21(25)16-11-12-19(24-17-8-4-3-5-9-17)20(14-16)23-15-18-10-6-7-13-22-18/h6-9,12-17,23,27-28H,2-5,10-11,18H2,1H3;6-11,16-17,21-22,27-28H,5,12-15,18H2,1-4H3;7,10-13,15-16,18,25H,3-6,8-9,14,17H2,1-2H3;8-13,15,18,25-26H,2-7,14,16-17H2,1H3;6-7,10-14,17,23-24H,2-5,8-9,15H2,1H3. The van der Waals surface area contributed by atoms with Crippen molar-refractivity contribution >= 4 is 86.1 Å². The number of hydrogen-bond donors (Lipinski definition) is 9. The van der Waals surface area contributed by atoms with Gasteiger partial charge >= 0.3 is 29.8 Å². The monoisotopic (exact) mass is 1930 g/mol. The van der Waals surface area contributed by atoms with Crippen molar-refractivity contribution in [3.63, 3.8) is 0 Å². The molecule has 0 radical (unpaired) electrons. The van der Waals surface area contributed by atoms with Gasteiger partial charge in [0.25, 0.3) is 0 Å². The minimum atomic E-state index is -0.294. The first-order valence-corrected chi connectivity index (χ1v) is 52.5. The summed E-state index contributed by atoms with van der Waals surface area (Å²) >= 11 is 0. The van der Waals surface area contributed by atoms with Crippen LogP contribution in [0.3, 0.4) is 0 Å². The van der Waals surface area contributed by atoms with Gasteiger partial charge in [-0.3, -0.25) is 4.98 Å². The van der Waals surface area contributed by atoms with Crippen LogP contribution in [0.1, 0.15) is 306 Å². The smallest absolute Gasteiger partial charge is 0.338 e. The third-order valence-electron chi connectivity index (χ3n) is 27.7. The van der Waals surface area contributed by atoms with Crippen LogP contribution in [-0.2, 0) is 75.9 Å². The number of pyridine rings is 1. The van der Waals surface area contributed by atoms with E-state index in [9.17, 15) is 29.1 Å². The van der Waals surface area contributed by atoms with Crippen LogP contribution in [0.5, 0.6) is 5.75 Å². The molecule has 21 heteroatoms. The number of hydrogen-bond acceptors (Lipinski definition) is 21. The third-order valence-corrected chi connectivity index (χ3v) is 27.7. The summed E-state index contributed by atoms with van der Waals surface area (Å²) in [6, 6.07) is 77.5. The molecule has 0 spiro atoms. The Morgan fingerprint density at radius 1 is 0.317 bits per heavy atom. The maximum atomic E-state index is 12.2. The van der Waals surface area contributed by atoms with E-state index in [0.717, 1.165) is 104 Å². The van der Waals surface area contributed by atoms with E-state index < -0.39 is 0 Å². The number of rotatable bonds is 37. The number of aliphatic hydroxyl groups is 1. The highest BCUT2D eigenvalue weighted by Crippen LogP contribution is 2.41. The van der Waals surface area contributed by atoms with Gasteiger partial charge in [-0.25, -0.2) is 24.0 Å². The van der Waals surface area contributed by atoms with Crippen molar-refractivity contribution in [1.29, 1.82) is 0 Å². The highest BCUT2D eigenvalue weighted by molar-refractivity contribution is 5.95. The molecule has 5 fully saturated rings. The molecule has 1 aromatic heterocycles. The highest BCUT2D eigenvalue weighted by Gasteiger charge is 2.31. The van der Waals surface area contributed by atoms with Gasteiger partial charge in [0.05, 0.1) is 121 Å². The van der Waals surface area contributed by atoms with Crippen molar-refractivity contribution in [3.8, 4) is 5.75 Å². The van der Waals surface area contributed by atoms with Gasteiger partial charge in [-0.1, -0.05) is 245 Å². The predicted octanol–water partition coefficient (Wildman–Crippen LogP) is 28.2. The average Bonchev–Trinajstić information content (AvgIpc) is 0.842. The predicted molar refractivity (Wildman–Crippen MR) is 579 cm³/mol. The minimum absolute atomic E-state index is 0.0564. The number of esters is 5. The molecule has 9 N–H and O–H groups in total. The van der Waals surface area contributed by atoms with Crippen molar-refractivity contribution in [2.75, 3.05) is 82.7 Å². The van der Waals surface area contributed by atoms with Crippen LogP contribution in [0.4, 0.5) is 45.5 Å². The summed E-state index contributed by atoms with van der Waals surface area (Å²) in [5.74, 6) is 1.70. The Kier molecular flexibility index (Phi) is 44.0. The Hall–Kier alpha value is -12.9. The minimum Gasteiger partial charge on any atom is -0.497 e. The second-order valence-corrected chi connectivity index (χ2v) is 39.1. The number of ether oxygens (including phenoxy) is 6. The topological polar surface area (TPSA) is 270 Å². The molecule has 5 aliphatic carbocycles. The maximum absolute atomic E-state index is 12.2. The zero-order valence-electron chi connectivity index (χ0n) is 85.5. The molecule has 0 saturated heterocycles. The molecule has 16 rings (SSSR count). The van der Waals surface area contributed by atoms with E-state index in [1.807, 2.05) is 192 Å². The Morgan fingerprint density at radius 2 is 0.669 bits per heavy atom. The van der Waals surface area contributed by atoms with E-state index in [4.69, 9.17) is 28.4 Å². The van der Waals surface area contributed by atoms with Gasteiger partial charge < -0.3 is 76.1 Å². The van der Waals surface area contributed by atoms with Gasteiger partial charge in [0.1, 0.15) is 5.75 Å². The Labute approximate surface area is 844 Å². The molecule has 21 nitrogen and oxygen atoms in total. The second kappa shape index (κ2) is 57.9. The van der Waals surface area contributed by atoms with E-state index in [-0.39, 0.29) is 36.5 Å². The van der Waals surface area contributed by atoms with Gasteiger partial charge in [-0.15, -0.1) is 0 Å². The van der Waals surface area contributed by atoms with Crippen molar-refractivity contribution in [2.45, 2.75) is 280 Å². The molecule has 756 valence electrons. The summed E-state index contributed by atoms with van der Waals surface area (Å²) in [6.45, 7) is 21.5. The lowest BCUT2D eigenvalue weighted by atomic mass is 9.71. The molecule has 1 heterocycles. The molecule has 11 aromatic rings. The molecule has 0 bridgehead atoms. The Morgan fingerprint density at radius 3 is 1.08 bits per heavy atom. The number of aliphatic hydroxyl groups excluding tert-OH is 1. The van der Waals surface area contributed by atoms with E-state index >= 15 is 0 Å². The van der Waals surface area contributed by atoms with Crippen LogP contribution in [0, 0.1) is 23.2 Å². The maximum Gasteiger partial charge on any atom is 0.338 e. The number of nitrogens with zero attached hydrogens (tertiary/aromatic N) is 1. The quantitative estimate of drug-likeness (QED) is 0.0129. The van der Waals surface area contributed by atoms with E-state index in [0.29, 0.717) is 117 Å². The molecule has 142 heavy (non-hydrogen) atoms. The van der Waals surface area contributed by atoms with Gasteiger partial charge in [0.2, 0.25) is 0 Å². The summed E-state index contributed by atoms with van der Waals surface area (Å²) in [5.41, 5.74) is 20.4. The van der Waals surface area contributed by atoms with Gasteiger partial charge in [-0.05, 0) is 281 Å². The zero-order valence-corrected chi connectivity index (χ0v) is 85.5. The first-order chi connectivity index (χ1) is 69.2. The normalized spacial score (nSPS) is 15.5. The van der Waals surface area contributed by atoms with Gasteiger partial charge in [0, 0.05) is 61.9 Å². The highest BCUT2D eigenvalue weighted by atomic mass is 16.5. The lowest BCUT2D eigenvalue weighted by Crippen LogP contribution is -2.31. The zero-order chi connectivity index (χ0) is 100.